The van der Waals surface area contributed by atoms with Gasteiger partial charge in [0.2, 0.25) is 0 Å². The van der Waals surface area contributed by atoms with Crippen molar-refractivity contribution in [3.63, 3.8) is 0 Å². The van der Waals surface area contributed by atoms with Crippen LogP contribution in [0.25, 0.3) is 0 Å². The Hall–Kier alpha value is 1.41. The van der Waals surface area contributed by atoms with E-state index < -0.39 is 0 Å². The van der Waals surface area contributed by atoms with Gasteiger partial charge in [-0.3, -0.25) is 0 Å². The predicted molar refractivity (Wildman–Crippen MR) is 3.61 cm³/mol. The Morgan fingerprint density at radius 2 is 0.750 bits per heavy atom. The van der Waals surface area contributed by atoms with E-state index in [0.717, 1.165) is 0 Å². The summed E-state index contributed by atoms with van der Waals surface area (Å²) in [5.74, 6) is 0. The standard InChI is InChI=1S/2BrH.Ni.H2O/h2*1H;;1H2/q;;+2;/p-2. The van der Waals surface area contributed by atoms with Crippen molar-refractivity contribution in [1.29, 1.82) is 0 Å². The van der Waals surface area contributed by atoms with E-state index >= 15 is 0 Å². The van der Waals surface area contributed by atoms with Crippen LogP contribution in [0, 0.1) is 0 Å². The maximum absolute atomic E-state index is 0. The smallest absolute Gasteiger partial charge is 1.00 e. The van der Waals surface area contributed by atoms with Crippen LogP contribution >= 0.6 is 0 Å². The number of rotatable bonds is 0. The molecule has 0 saturated carbocycles. The fourth-order valence-corrected chi connectivity index (χ4v) is 0. The van der Waals surface area contributed by atoms with Gasteiger partial charge in [-0.1, -0.05) is 0 Å². The van der Waals surface area contributed by atoms with Crippen LogP contribution < -0.4 is 34.0 Å². The molecular formula is H2Br2NiO. The Kier molecular flexibility index (Phi) is 340. The van der Waals surface area contributed by atoms with Crippen LogP contribution in [0.3, 0.4) is 0 Å². The van der Waals surface area contributed by atoms with Gasteiger partial charge in [0.15, 0.2) is 0 Å². The molecule has 0 amide bonds. The van der Waals surface area contributed by atoms with Gasteiger partial charge in [0.05, 0.1) is 0 Å². The van der Waals surface area contributed by atoms with Gasteiger partial charge < -0.3 is 39.4 Å². The molecule has 0 heterocycles. The average molecular weight is 237 g/mol. The quantitative estimate of drug-likeness (QED) is 0.375. The molecule has 0 spiro atoms. The van der Waals surface area contributed by atoms with Gasteiger partial charge in [-0.2, -0.15) is 0 Å². The van der Waals surface area contributed by atoms with Crippen molar-refractivity contribution in [2.75, 3.05) is 0 Å². The minimum atomic E-state index is 0. The van der Waals surface area contributed by atoms with Crippen LogP contribution in [0.15, 0.2) is 0 Å². The van der Waals surface area contributed by atoms with E-state index in [1.165, 1.54) is 0 Å². The van der Waals surface area contributed by atoms with Crippen LogP contribution in [0.5, 0.6) is 0 Å². The molecule has 4 heavy (non-hydrogen) atoms. The summed E-state index contributed by atoms with van der Waals surface area (Å²) in [6, 6.07) is 0. The third kappa shape index (κ3) is 9.95. The number of hydrogen-bond acceptors (Lipinski definition) is 0. The molecule has 0 aliphatic carbocycles. The van der Waals surface area contributed by atoms with Crippen molar-refractivity contribution < 1.29 is 55.9 Å². The van der Waals surface area contributed by atoms with Crippen LogP contribution in [-0.4, -0.2) is 5.48 Å². The molecule has 0 fully saturated rings. The fourth-order valence-electron chi connectivity index (χ4n) is 0. The molecule has 32 valence electrons. The monoisotopic (exact) mass is 234 g/mol. The van der Waals surface area contributed by atoms with Crippen molar-refractivity contribution in [2.45, 2.75) is 0 Å². The Labute approximate surface area is 55.9 Å². The molecule has 0 aromatic carbocycles. The van der Waals surface area contributed by atoms with Gasteiger partial charge in [-0.15, -0.1) is 0 Å². The molecule has 0 aliphatic heterocycles. The molecule has 2 N–H and O–H groups in total. The summed E-state index contributed by atoms with van der Waals surface area (Å²) < 4.78 is 0. The second-order valence-corrected chi connectivity index (χ2v) is 0. The van der Waals surface area contributed by atoms with E-state index in [9.17, 15) is 0 Å². The van der Waals surface area contributed by atoms with Gasteiger partial charge in [-0.25, -0.2) is 0 Å². The van der Waals surface area contributed by atoms with E-state index in [1.807, 2.05) is 0 Å². The molecule has 0 aromatic heterocycles. The van der Waals surface area contributed by atoms with Crippen LogP contribution in [-0.2, 0) is 16.5 Å². The average Bonchev–Trinajstić information content (AvgIpc) is 0. The molecular weight excluding hydrogens is 234 g/mol. The van der Waals surface area contributed by atoms with Crippen LogP contribution in [0.2, 0.25) is 0 Å². The minimum absolute atomic E-state index is 0. The fraction of sp³-hybridized carbons (Fsp3) is 0. The Morgan fingerprint density at radius 1 is 0.750 bits per heavy atom. The second kappa shape index (κ2) is 25.7. The molecule has 0 saturated heterocycles. The third-order valence-corrected chi connectivity index (χ3v) is 0. The molecule has 4 heteroatoms. The first-order chi connectivity index (χ1) is 0. The summed E-state index contributed by atoms with van der Waals surface area (Å²) in [6.45, 7) is 0. The maximum atomic E-state index is 0. The van der Waals surface area contributed by atoms with E-state index in [2.05, 4.69) is 0 Å². The summed E-state index contributed by atoms with van der Waals surface area (Å²) in [5.41, 5.74) is 0. The summed E-state index contributed by atoms with van der Waals surface area (Å²) in [4.78, 5) is 0. The zero-order valence-electron chi connectivity index (χ0n) is 1.57. The Bertz CT molecular complexity index is 6.00. The van der Waals surface area contributed by atoms with Crippen LogP contribution in [0.1, 0.15) is 0 Å². The minimum Gasteiger partial charge on any atom is -1.00 e. The topological polar surface area (TPSA) is 31.5 Å². The molecule has 0 atom stereocenters. The van der Waals surface area contributed by atoms with E-state index in [-0.39, 0.29) is 55.9 Å². The first-order valence-electron chi connectivity index (χ1n) is 0. The molecule has 0 aromatic rings. The molecule has 0 radical (unpaired) electrons. The van der Waals surface area contributed by atoms with E-state index in [1.54, 1.807) is 0 Å². The first-order valence-corrected chi connectivity index (χ1v) is 0. The van der Waals surface area contributed by atoms with Gasteiger partial charge in [0.25, 0.3) is 0 Å². The Balaban J connectivity index is 0. The molecule has 0 rings (SSSR count). The predicted octanol–water partition coefficient (Wildman–Crippen LogP) is -6.82. The van der Waals surface area contributed by atoms with E-state index in [4.69, 9.17) is 0 Å². The maximum Gasteiger partial charge on any atom is 2.00 e. The van der Waals surface area contributed by atoms with Crippen LogP contribution in [0.4, 0.5) is 0 Å². The van der Waals surface area contributed by atoms with Gasteiger partial charge in [0, 0.05) is 0 Å². The zero-order valence-corrected chi connectivity index (χ0v) is 5.73. The van der Waals surface area contributed by atoms with E-state index in [0.29, 0.717) is 0 Å². The summed E-state index contributed by atoms with van der Waals surface area (Å²) in [5, 5.41) is 0. The molecule has 1 nitrogen and oxygen atoms in total. The summed E-state index contributed by atoms with van der Waals surface area (Å²) in [7, 11) is 0. The van der Waals surface area contributed by atoms with Crippen molar-refractivity contribution in [3.05, 3.63) is 0 Å². The largest absolute Gasteiger partial charge is 2.00 e. The first kappa shape index (κ1) is 52.8. The molecule has 0 aliphatic rings. The number of halogens is 2. The van der Waals surface area contributed by atoms with Gasteiger partial charge in [0.1, 0.15) is 0 Å². The summed E-state index contributed by atoms with van der Waals surface area (Å²) in [6.07, 6.45) is 0. The molecule has 0 bridgehead atoms. The normalized spacial score (nSPS) is 0. The number of hydrogen-bond donors (Lipinski definition) is 0. The third-order valence-electron chi connectivity index (χ3n) is 0. The van der Waals surface area contributed by atoms with Crippen molar-refractivity contribution in [3.8, 4) is 0 Å². The van der Waals surface area contributed by atoms with Gasteiger partial charge in [-0.05, 0) is 0 Å². The van der Waals surface area contributed by atoms with Crippen molar-refractivity contribution in [2.24, 2.45) is 0 Å². The SMILES string of the molecule is O.[Br-].[Br-].[Ni+2]. The summed E-state index contributed by atoms with van der Waals surface area (Å²) >= 11 is 0. The van der Waals surface area contributed by atoms with Gasteiger partial charge >= 0.3 is 16.5 Å². The van der Waals surface area contributed by atoms with Crippen molar-refractivity contribution in [1.82, 2.24) is 0 Å². The molecule has 0 unspecified atom stereocenters. The zero-order chi connectivity index (χ0) is 0. The second-order valence-electron chi connectivity index (χ2n) is 0. The van der Waals surface area contributed by atoms with Crippen molar-refractivity contribution >= 4 is 0 Å². The Morgan fingerprint density at radius 3 is 0.750 bits per heavy atom.